The van der Waals surface area contributed by atoms with Crippen molar-refractivity contribution in [3.05, 3.63) is 54.6 Å². The maximum absolute atomic E-state index is 12.5. The molecule has 0 bridgehead atoms. The van der Waals surface area contributed by atoms with Crippen LogP contribution in [-0.4, -0.2) is 13.1 Å². The van der Waals surface area contributed by atoms with Crippen LogP contribution in [0.1, 0.15) is 21.5 Å². The van der Waals surface area contributed by atoms with Crippen molar-refractivity contribution < 1.29 is 14.3 Å². The molecule has 7 heteroatoms. The number of methoxy groups -OCH3 is 1. The molecule has 0 unspecified atom stereocenters. The zero-order valence-electron chi connectivity index (χ0n) is 12.1. The van der Waals surface area contributed by atoms with Gasteiger partial charge in [-0.25, -0.2) is 4.79 Å². The molecule has 0 aliphatic rings. The third-order valence-corrected chi connectivity index (χ3v) is 4.43. The zero-order chi connectivity index (χ0) is 17.1. The highest BCUT2D eigenvalue weighted by atomic mass is 127. The molecule has 2 aromatic rings. The summed E-state index contributed by atoms with van der Waals surface area (Å²) in [7, 11) is 1.39. The van der Waals surface area contributed by atoms with E-state index in [0.29, 0.717) is 20.4 Å². The van der Waals surface area contributed by atoms with Crippen molar-refractivity contribution in [3.8, 4) is 17.6 Å². The molecule has 0 amide bonds. The summed E-state index contributed by atoms with van der Waals surface area (Å²) >= 11 is 14.1. The van der Waals surface area contributed by atoms with Gasteiger partial charge in [-0.1, -0.05) is 23.2 Å². The molecule has 4 nitrogen and oxygen atoms in total. The van der Waals surface area contributed by atoms with Gasteiger partial charge < -0.3 is 9.47 Å². The van der Waals surface area contributed by atoms with Crippen molar-refractivity contribution in [1.82, 2.24) is 0 Å². The number of hydrogen-bond donors (Lipinski definition) is 0. The number of benzene rings is 2. The van der Waals surface area contributed by atoms with E-state index in [2.05, 4.69) is 6.07 Å². The van der Waals surface area contributed by atoms with Crippen LogP contribution in [0.25, 0.3) is 0 Å². The van der Waals surface area contributed by atoms with Crippen molar-refractivity contribution in [3.63, 3.8) is 0 Å². The Morgan fingerprint density at radius 3 is 2.43 bits per heavy atom. The Morgan fingerprint density at radius 2 is 1.87 bits per heavy atom. The van der Waals surface area contributed by atoms with Crippen LogP contribution in [0.3, 0.4) is 0 Å². The van der Waals surface area contributed by atoms with E-state index < -0.39 is 5.97 Å². The van der Waals surface area contributed by atoms with Gasteiger partial charge in [0, 0.05) is 0 Å². The van der Waals surface area contributed by atoms with Gasteiger partial charge in [-0.3, -0.25) is 0 Å². The maximum Gasteiger partial charge on any atom is 0.348 e. The molecule has 2 rings (SSSR count). The van der Waals surface area contributed by atoms with Gasteiger partial charge >= 0.3 is 5.97 Å². The van der Waals surface area contributed by atoms with Crippen LogP contribution in [0.4, 0.5) is 0 Å². The monoisotopic (exact) mass is 461 g/mol. The van der Waals surface area contributed by atoms with Gasteiger partial charge in [0.15, 0.2) is 5.75 Å². The number of nitriles is 1. The lowest BCUT2D eigenvalue weighted by Crippen LogP contribution is -2.13. The molecule has 0 spiro atoms. The fourth-order valence-electron chi connectivity index (χ4n) is 1.99. The van der Waals surface area contributed by atoms with E-state index in [-0.39, 0.29) is 21.4 Å². The SMILES string of the molecule is COc1c(Cl)ccc(Cl)c1C(=O)Oc1c(C)cc(C#N)cc1I. The maximum atomic E-state index is 12.5. The summed E-state index contributed by atoms with van der Waals surface area (Å²) in [5.41, 5.74) is 1.21. The minimum absolute atomic E-state index is 0.0567. The van der Waals surface area contributed by atoms with Crippen LogP contribution in [0.5, 0.6) is 11.5 Å². The molecule has 0 atom stereocenters. The predicted octanol–water partition coefficient (Wildman–Crippen LogP) is 5.01. The highest BCUT2D eigenvalue weighted by molar-refractivity contribution is 14.1. The molecule has 0 aromatic heterocycles. The Kier molecular flexibility index (Phi) is 5.74. The Hall–Kier alpha value is -1.49. The number of aryl methyl sites for hydroxylation is 1. The largest absolute Gasteiger partial charge is 0.494 e. The van der Waals surface area contributed by atoms with Crippen LogP contribution in [0, 0.1) is 21.8 Å². The second-order valence-corrected chi connectivity index (χ2v) is 6.52. The summed E-state index contributed by atoms with van der Waals surface area (Å²) in [5.74, 6) is -0.154. The van der Waals surface area contributed by atoms with Crippen molar-refractivity contribution in [2.24, 2.45) is 0 Å². The Morgan fingerprint density at radius 1 is 1.22 bits per heavy atom. The second-order valence-electron chi connectivity index (χ2n) is 4.54. The van der Waals surface area contributed by atoms with Gasteiger partial charge in [-0.2, -0.15) is 5.26 Å². The normalized spacial score (nSPS) is 10.1. The molecule has 0 aliphatic carbocycles. The summed E-state index contributed by atoms with van der Waals surface area (Å²) in [6, 6.07) is 8.36. The van der Waals surface area contributed by atoms with E-state index in [1.54, 1.807) is 19.1 Å². The smallest absolute Gasteiger partial charge is 0.348 e. The fourth-order valence-corrected chi connectivity index (χ4v) is 3.32. The van der Waals surface area contributed by atoms with Crippen LogP contribution in [0.2, 0.25) is 10.0 Å². The molecular weight excluding hydrogens is 452 g/mol. The first-order valence-electron chi connectivity index (χ1n) is 6.33. The number of hydrogen-bond acceptors (Lipinski definition) is 4. The van der Waals surface area contributed by atoms with Gasteiger partial charge in [-0.05, 0) is 59.3 Å². The van der Waals surface area contributed by atoms with E-state index in [4.69, 9.17) is 37.9 Å². The lowest BCUT2D eigenvalue weighted by molar-refractivity contribution is 0.0729. The van der Waals surface area contributed by atoms with Crippen LogP contribution >= 0.6 is 45.8 Å². The van der Waals surface area contributed by atoms with Crippen LogP contribution < -0.4 is 9.47 Å². The number of carbonyl (C=O) groups is 1. The highest BCUT2D eigenvalue weighted by Crippen LogP contribution is 2.35. The molecule has 23 heavy (non-hydrogen) atoms. The average Bonchev–Trinajstić information content (AvgIpc) is 2.52. The highest BCUT2D eigenvalue weighted by Gasteiger charge is 2.23. The topological polar surface area (TPSA) is 59.3 Å². The Bertz CT molecular complexity index is 808. The summed E-state index contributed by atoms with van der Waals surface area (Å²) in [5, 5.41) is 9.40. The molecular formula is C16H10Cl2INO3. The lowest BCUT2D eigenvalue weighted by Gasteiger charge is -2.14. The Labute approximate surface area is 157 Å². The first kappa shape index (κ1) is 17.9. The standard InChI is InChI=1S/C16H10Cl2INO3/c1-8-5-9(7-20)6-12(19)14(8)23-16(21)13-10(17)3-4-11(18)15(13)22-2/h3-6H,1-2H3. The minimum Gasteiger partial charge on any atom is -0.494 e. The van der Waals surface area contributed by atoms with E-state index in [0.717, 1.165) is 0 Å². The third-order valence-electron chi connectivity index (χ3n) is 3.02. The lowest BCUT2D eigenvalue weighted by atomic mass is 10.1. The molecule has 0 saturated heterocycles. The van der Waals surface area contributed by atoms with Crippen LogP contribution in [0.15, 0.2) is 24.3 Å². The van der Waals surface area contributed by atoms with E-state index in [9.17, 15) is 4.79 Å². The molecule has 2 aromatic carbocycles. The molecule has 0 heterocycles. The summed E-state index contributed by atoms with van der Waals surface area (Å²) in [6.07, 6.45) is 0. The number of carbonyl (C=O) groups excluding carboxylic acids is 1. The number of halogens is 3. The number of ether oxygens (including phenoxy) is 2. The minimum atomic E-state index is -0.680. The second kappa shape index (κ2) is 7.39. The summed E-state index contributed by atoms with van der Waals surface area (Å²) < 4.78 is 11.3. The number of rotatable bonds is 3. The average molecular weight is 462 g/mol. The fraction of sp³-hybridized carbons (Fsp3) is 0.125. The summed E-state index contributed by atoms with van der Waals surface area (Å²) in [6.45, 7) is 1.75. The van der Waals surface area contributed by atoms with Gasteiger partial charge in [0.1, 0.15) is 11.3 Å². The van der Waals surface area contributed by atoms with Crippen LogP contribution in [-0.2, 0) is 0 Å². The summed E-state index contributed by atoms with van der Waals surface area (Å²) in [4.78, 5) is 12.5. The van der Waals surface area contributed by atoms with Crippen molar-refractivity contribution in [2.75, 3.05) is 7.11 Å². The Balaban J connectivity index is 2.46. The first-order chi connectivity index (χ1) is 10.9. The van der Waals surface area contributed by atoms with Crippen molar-refractivity contribution in [2.45, 2.75) is 6.92 Å². The van der Waals surface area contributed by atoms with E-state index >= 15 is 0 Å². The number of nitrogens with zero attached hydrogens (tertiary/aromatic N) is 1. The van der Waals surface area contributed by atoms with Crippen molar-refractivity contribution in [1.29, 1.82) is 5.26 Å². The number of esters is 1. The first-order valence-corrected chi connectivity index (χ1v) is 8.17. The quantitative estimate of drug-likeness (QED) is 0.366. The van der Waals surface area contributed by atoms with Gasteiger partial charge in [0.05, 0.1) is 32.4 Å². The molecule has 0 N–H and O–H groups in total. The molecule has 0 radical (unpaired) electrons. The van der Waals surface area contributed by atoms with Crippen molar-refractivity contribution >= 4 is 51.8 Å². The van der Waals surface area contributed by atoms with E-state index in [1.165, 1.54) is 19.2 Å². The molecule has 0 aliphatic heterocycles. The third kappa shape index (κ3) is 3.71. The predicted molar refractivity (Wildman–Crippen MR) is 96.6 cm³/mol. The zero-order valence-corrected chi connectivity index (χ0v) is 15.8. The van der Waals surface area contributed by atoms with E-state index in [1.807, 2.05) is 22.6 Å². The molecule has 0 saturated carbocycles. The molecule has 0 fully saturated rings. The van der Waals surface area contributed by atoms with Gasteiger partial charge in [-0.15, -0.1) is 0 Å². The van der Waals surface area contributed by atoms with Gasteiger partial charge in [0.2, 0.25) is 0 Å². The molecule has 118 valence electrons. The van der Waals surface area contributed by atoms with Gasteiger partial charge in [0.25, 0.3) is 0 Å².